The normalized spacial score (nSPS) is 17.2. The molecular formula is C29H28Cl2N3NiO4-. The molecule has 1 saturated heterocycles. The van der Waals surface area contributed by atoms with Crippen molar-refractivity contribution in [1.29, 1.82) is 0 Å². The molecule has 0 aromatic heterocycles. The number of aliphatic hydroxyl groups is 1. The summed E-state index contributed by atoms with van der Waals surface area (Å²) in [4.78, 5) is 31.8. The standard InChI is InChI=1S/C29H29Cl2N3O4.Ni/c1-18(35)26(29(37)38)33-27(20-8-3-2-4-9-20)21-10-5-6-11-24(21)32-28(36)25-12-7-15-34(25)17-19-13-14-22(30)23(31)16-19;/h2-6,8-11,13-14,16,18,25-26,35H,7,12,15,17H2,1H3,(H2,32,33,36,37,38);/p-1/t18-,25-,26+;/m0./s1. The second kappa shape index (κ2) is 14.1. The van der Waals surface area contributed by atoms with Crippen LogP contribution in [-0.4, -0.2) is 57.4 Å². The Morgan fingerprint density at radius 2 is 1.74 bits per heavy atom. The van der Waals surface area contributed by atoms with Crippen LogP contribution in [0.3, 0.4) is 0 Å². The van der Waals surface area contributed by atoms with E-state index >= 15 is 0 Å². The number of hydrogen-bond acceptors (Lipinski definition) is 5. The van der Waals surface area contributed by atoms with Gasteiger partial charge in [-0.25, -0.2) is 4.79 Å². The Labute approximate surface area is 247 Å². The maximum absolute atomic E-state index is 13.5. The van der Waals surface area contributed by atoms with Crippen molar-refractivity contribution in [2.45, 2.75) is 44.5 Å². The van der Waals surface area contributed by atoms with E-state index in [1.54, 1.807) is 48.5 Å². The molecular weight excluding hydrogens is 584 g/mol. The summed E-state index contributed by atoms with van der Waals surface area (Å²) >= 11 is 12.2. The number of para-hydroxylation sites is 1. The summed E-state index contributed by atoms with van der Waals surface area (Å²) in [5.74, 6) is -1.53. The van der Waals surface area contributed by atoms with Crippen LogP contribution in [0.25, 0.3) is 5.32 Å². The predicted molar refractivity (Wildman–Crippen MR) is 150 cm³/mol. The molecule has 10 heteroatoms. The van der Waals surface area contributed by atoms with Gasteiger partial charge in [-0.15, -0.1) is 5.69 Å². The zero-order valence-corrected chi connectivity index (χ0v) is 23.6. The Hall–Kier alpha value is -2.74. The Morgan fingerprint density at radius 1 is 1.05 bits per heavy atom. The SMILES string of the molecule is C[C@H](O)[C@@H](N=C(c1ccccc1)c1ccccc1[N-]C(=O)[C@@H]1CCCN1Cc1ccc(Cl)c(Cl)c1)C(=O)O.[Ni]. The van der Waals surface area contributed by atoms with Crippen LogP contribution in [0, 0.1) is 0 Å². The first kappa shape index (κ1) is 30.8. The molecule has 1 fully saturated rings. The molecule has 1 heterocycles. The topological polar surface area (TPSA) is 104 Å². The number of aliphatic hydroxyl groups excluding tert-OH is 1. The van der Waals surface area contributed by atoms with Gasteiger partial charge in [0.2, 0.25) is 0 Å². The summed E-state index contributed by atoms with van der Waals surface area (Å²) in [7, 11) is 0. The molecule has 208 valence electrons. The summed E-state index contributed by atoms with van der Waals surface area (Å²) < 4.78 is 0. The molecule has 0 bridgehead atoms. The van der Waals surface area contributed by atoms with E-state index in [4.69, 9.17) is 23.2 Å². The summed E-state index contributed by atoms with van der Waals surface area (Å²) in [6.07, 6.45) is 0.319. The van der Waals surface area contributed by atoms with Crippen molar-refractivity contribution in [3.63, 3.8) is 0 Å². The number of likely N-dealkylation sites (tertiary alicyclic amines) is 1. The number of aliphatic carboxylic acids is 1. The molecule has 3 aromatic carbocycles. The molecule has 3 aromatic rings. The van der Waals surface area contributed by atoms with Crippen molar-refractivity contribution in [2.75, 3.05) is 6.54 Å². The number of amides is 1. The third-order valence-corrected chi connectivity index (χ3v) is 7.17. The molecule has 1 aliphatic rings. The maximum Gasteiger partial charge on any atom is 0.331 e. The molecule has 1 amide bonds. The molecule has 3 atom stereocenters. The number of carbonyl (C=O) groups excluding carboxylic acids is 1. The van der Waals surface area contributed by atoms with Gasteiger partial charge in [-0.05, 0) is 49.6 Å². The number of carbonyl (C=O) groups is 2. The molecule has 0 unspecified atom stereocenters. The zero-order valence-electron chi connectivity index (χ0n) is 21.1. The van der Waals surface area contributed by atoms with Crippen LogP contribution in [0.4, 0.5) is 5.69 Å². The Morgan fingerprint density at radius 3 is 2.41 bits per heavy atom. The van der Waals surface area contributed by atoms with Crippen molar-refractivity contribution in [3.05, 3.63) is 105 Å². The fourth-order valence-corrected chi connectivity index (χ4v) is 4.86. The summed E-state index contributed by atoms with van der Waals surface area (Å²) in [6.45, 7) is 2.67. The van der Waals surface area contributed by atoms with Gasteiger partial charge in [-0.2, -0.15) is 0 Å². The Bertz CT molecular complexity index is 1340. The number of aliphatic imine (C=N–C) groups is 1. The van der Waals surface area contributed by atoms with E-state index in [9.17, 15) is 19.8 Å². The van der Waals surface area contributed by atoms with E-state index in [0.29, 0.717) is 45.5 Å². The van der Waals surface area contributed by atoms with E-state index in [0.717, 1.165) is 18.5 Å². The van der Waals surface area contributed by atoms with Crippen molar-refractivity contribution in [1.82, 2.24) is 4.90 Å². The van der Waals surface area contributed by atoms with Gasteiger partial charge in [0.1, 0.15) is 0 Å². The number of hydrogen-bond donors (Lipinski definition) is 2. The first-order valence-corrected chi connectivity index (χ1v) is 13.1. The van der Waals surface area contributed by atoms with Crippen molar-refractivity contribution in [3.8, 4) is 0 Å². The number of carboxylic acids is 1. The van der Waals surface area contributed by atoms with Gasteiger partial charge >= 0.3 is 5.97 Å². The summed E-state index contributed by atoms with van der Waals surface area (Å²) in [5, 5.41) is 25.2. The monoisotopic (exact) mass is 610 g/mol. The average molecular weight is 612 g/mol. The van der Waals surface area contributed by atoms with Gasteiger partial charge in [0.05, 0.1) is 33.8 Å². The van der Waals surface area contributed by atoms with Gasteiger partial charge in [0.25, 0.3) is 0 Å². The fraction of sp³-hybridized carbons (Fsp3) is 0.276. The second-order valence-electron chi connectivity index (χ2n) is 9.21. The van der Waals surface area contributed by atoms with E-state index in [1.807, 2.05) is 24.3 Å². The van der Waals surface area contributed by atoms with Gasteiger partial charge in [-0.1, -0.05) is 83.9 Å². The van der Waals surface area contributed by atoms with Crippen LogP contribution in [0.2, 0.25) is 10.0 Å². The van der Waals surface area contributed by atoms with E-state index in [2.05, 4.69) is 15.2 Å². The van der Waals surface area contributed by atoms with Gasteiger partial charge < -0.3 is 20.3 Å². The first-order chi connectivity index (χ1) is 18.2. The molecule has 1 aliphatic heterocycles. The number of rotatable bonds is 9. The van der Waals surface area contributed by atoms with Crippen LogP contribution < -0.4 is 0 Å². The fourth-order valence-electron chi connectivity index (χ4n) is 4.54. The van der Waals surface area contributed by atoms with Gasteiger partial charge in [0, 0.05) is 28.6 Å². The Balaban J connectivity index is 0.00000420. The van der Waals surface area contributed by atoms with Gasteiger partial charge in [-0.3, -0.25) is 9.89 Å². The van der Waals surface area contributed by atoms with E-state index in [-0.39, 0.29) is 22.4 Å². The number of nitrogens with zero attached hydrogens (tertiary/aromatic N) is 3. The minimum absolute atomic E-state index is 0. The maximum atomic E-state index is 13.5. The quantitative estimate of drug-likeness (QED) is 0.233. The van der Waals surface area contributed by atoms with Gasteiger partial charge in [0.15, 0.2) is 6.04 Å². The summed E-state index contributed by atoms with van der Waals surface area (Å²) in [5.41, 5.74) is 2.83. The first-order valence-electron chi connectivity index (χ1n) is 12.3. The largest absolute Gasteiger partial charge is 0.625 e. The molecule has 0 spiro atoms. The van der Waals surface area contributed by atoms with E-state index < -0.39 is 24.2 Å². The molecule has 0 radical (unpaired) electrons. The van der Waals surface area contributed by atoms with Crippen LogP contribution >= 0.6 is 23.2 Å². The molecule has 0 aliphatic carbocycles. The van der Waals surface area contributed by atoms with Crippen LogP contribution in [0.5, 0.6) is 0 Å². The van der Waals surface area contributed by atoms with E-state index in [1.165, 1.54) is 6.92 Å². The molecule has 0 saturated carbocycles. The smallest absolute Gasteiger partial charge is 0.331 e. The molecule has 2 N–H and O–H groups in total. The van der Waals surface area contributed by atoms with Crippen LogP contribution in [0.15, 0.2) is 77.8 Å². The van der Waals surface area contributed by atoms with Crippen molar-refractivity contribution >= 4 is 46.5 Å². The minimum Gasteiger partial charge on any atom is -0.625 e. The van der Waals surface area contributed by atoms with Crippen molar-refractivity contribution in [2.24, 2.45) is 4.99 Å². The summed E-state index contributed by atoms with van der Waals surface area (Å²) in [6, 6.07) is 19.7. The zero-order chi connectivity index (χ0) is 27.2. The van der Waals surface area contributed by atoms with Crippen LogP contribution in [0.1, 0.15) is 36.5 Å². The Kier molecular flexibility index (Phi) is 11.1. The average Bonchev–Trinajstić information content (AvgIpc) is 3.36. The molecule has 7 nitrogen and oxygen atoms in total. The second-order valence-corrected chi connectivity index (χ2v) is 10.0. The third kappa shape index (κ3) is 7.68. The number of halogens is 2. The molecule has 4 rings (SSSR count). The van der Waals surface area contributed by atoms with Crippen LogP contribution in [-0.2, 0) is 32.6 Å². The molecule has 39 heavy (non-hydrogen) atoms. The number of benzene rings is 3. The van der Waals surface area contributed by atoms with Crippen molar-refractivity contribution < 1.29 is 36.3 Å². The third-order valence-electron chi connectivity index (χ3n) is 6.43. The minimum atomic E-state index is -1.38. The predicted octanol–water partition coefficient (Wildman–Crippen LogP) is 5.86. The number of carboxylic acid groups (broad SMARTS) is 1.